The Hall–Kier alpha value is -1.32. The number of nitrogens with zero attached hydrogens (tertiary/aromatic N) is 2. The van der Waals surface area contributed by atoms with Gasteiger partial charge in [-0.25, -0.2) is 4.98 Å². The molecule has 2 N–H and O–H groups in total. The highest BCUT2D eigenvalue weighted by Crippen LogP contribution is 2.26. The number of anilines is 2. The minimum Gasteiger partial charge on any atom is -0.367 e. The molecule has 0 radical (unpaired) electrons. The quantitative estimate of drug-likeness (QED) is 0.859. The summed E-state index contributed by atoms with van der Waals surface area (Å²) in [7, 11) is 0. The Kier molecular flexibility index (Phi) is 4.39. The Morgan fingerprint density at radius 2 is 2.00 bits per heavy atom. The van der Waals surface area contributed by atoms with E-state index in [1.54, 1.807) is 0 Å². The molecule has 1 aromatic rings. The SMILES string of the molecule is CCNc1ncc(C)c(NC2CCC(C)CC2)n1. The molecular weight excluding hydrogens is 224 g/mol. The summed E-state index contributed by atoms with van der Waals surface area (Å²) >= 11 is 0. The van der Waals surface area contributed by atoms with Gasteiger partial charge in [0.05, 0.1) is 0 Å². The fraction of sp³-hybridized carbons (Fsp3) is 0.714. The van der Waals surface area contributed by atoms with Crippen LogP contribution in [0.3, 0.4) is 0 Å². The molecule has 1 saturated carbocycles. The van der Waals surface area contributed by atoms with Crippen molar-refractivity contribution in [2.45, 2.75) is 52.5 Å². The molecule has 2 rings (SSSR count). The molecule has 1 aliphatic carbocycles. The Labute approximate surface area is 110 Å². The van der Waals surface area contributed by atoms with Gasteiger partial charge in [-0.15, -0.1) is 0 Å². The number of hydrogen-bond acceptors (Lipinski definition) is 4. The average molecular weight is 248 g/mol. The lowest BCUT2D eigenvalue weighted by atomic mass is 9.87. The van der Waals surface area contributed by atoms with Crippen molar-refractivity contribution < 1.29 is 0 Å². The Bertz CT molecular complexity index is 383. The van der Waals surface area contributed by atoms with E-state index in [0.29, 0.717) is 6.04 Å². The molecule has 18 heavy (non-hydrogen) atoms. The van der Waals surface area contributed by atoms with Gasteiger partial charge in [0.2, 0.25) is 5.95 Å². The molecule has 0 bridgehead atoms. The number of nitrogens with one attached hydrogen (secondary N) is 2. The van der Waals surface area contributed by atoms with Crippen LogP contribution in [0.15, 0.2) is 6.20 Å². The highest BCUT2D eigenvalue weighted by atomic mass is 15.1. The van der Waals surface area contributed by atoms with E-state index < -0.39 is 0 Å². The fourth-order valence-electron chi connectivity index (χ4n) is 2.43. The smallest absolute Gasteiger partial charge is 0.224 e. The first kappa shape index (κ1) is 13.1. The Morgan fingerprint density at radius 3 is 2.67 bits per heavy atom. The number of rotatable bonds is 4. The van der Waals surface area contributed by atoms with Crippen LogP contribution in [0.25, 0.3) is 0 Å². The zero-order valence-electron chi connectivity index (χ0n) is 11.7. The predicted octanol–water partition coefficient (Wildman–Crippen LogP) is 3.21. The van der Waals surface area contributed by atoms with Gasteiger partial charge in [-0.3, -0.25) is 0 Å². The van der Waals surface area contributed by atoms with Crippen LogP contribution in [0.1, 0.15) is 45.1 Å². The molecule has 1 fully saturated rings. The Morgan fingerprint density at radius 1 is 1.28 bits per heavy atom. The van der Waals surface area contributed by atoms with E-state index in [-0.39, 0.29) is 0 Å². The molecule has 4 heteroatoms. The molecule has 0 saturated heterocycles. The molecule has 100 valence electrons. The lowest BCUT2D eigenvalue weighted by molar-refractivity contribution is 0.360. The number of aromatic nitrogens is 2. The molecule has 0 spiro atoms. The van der Waals surface area contributed by atoms with Crippen LogP contribution in [-0.2, 0) is 0 Å². The van der Waals surface area contributed by atoms with Gasteiger partial charge in [0.25, 0.3) is 0 Å². The minimum atomic E-state index is 0.573. The average Bonchev–Trinajstić information content (AvgIpc) is 2.36. The van der Waals surface area contributed by atoms with Gasteiger partial charge in [-0.2, -0.15) is 4.98 Å². The highest BCUT2D eigenvalue weighted by molar-refractivity contribution is 5.47. The summed E-state index contributed by atoms with van der Waals surface area (Å²) in [5.74, 6) is 2.59. The number of aryl methyl sites for hydroxylation is 1. The lowest BCUT2D eigenvalue weighted by Gasteiger charge is -2.27. The summed E-state index contributed by atoms with van der Waals surface area (Å²) in [6.07, 6.45) is 7.03. The van der Waals surface area contributed by atoms with Crippen molar-refractivity contribution in [1.82, 2.24) is 9.97 Å². The van der Waals surface area contributed by atoms with Crippen molar-refractivity contribution in [1.29, 1.82) is 0 Å². The van der Waals surface area contributed by atoms with E-state index in [9.17, 15) is 0 Å². The zero-order valence-corrected chi connectivity index (χ0v) is 11.7. The van der Waals surface area contributed by atoms with Gasteiger partial charge in [-0.05, 0) is 45.4 Å². The summed E-state index contributed by atoms with van der Waals surface area (Å²) in [5.41, 5.74) is 1.12. The molecule has 1 heterocycles. The largest absolute Gasteiger partial charge is 0.367 e. The van der Waals surface area contributed by atoms with Gasteiger partial charge in [-0.1, -0.05) is 6.92 Å². The molecule has 0 atom stereocenters. The van der Waals surface area contributed by atoms with E-state index in [1.807, 2.05) is 6.20 Å². The standard InChI is InChI=1S/C14H24N4/c1-4-15-14-16-9-11(3)13(18-14)17-12-7-5-10(2)6-8-12/h9-10,12H,4-8H2,1-3H3,(H2,15,16,17,18). The second-order valence-corrected chi connectivity index (χ2v) is 5.36. The van der Waals surface area contributed by atoms with E-state index in [2.05, 4.69) is 41.4 Å². The number of hydrogen-bond donors (Lipinski definition) is 2. The molecule has 0 aromatic carbocycles. The van der Waals surface area contributed by atoms with Gasteiger partial charge in [0, 0.05) is 24.3 Å². The van der Waals surface area contributed by atoms with Crippen molar-refractivity contribution >= 4 is 11.8 Å². The van der Waals surface area contributed by atoms with Crippen LogP contribution in [0.4, 0.5) is 11.8 Å². The maximum atomic E-state index is 4.54. The van der Waals surface area contributed by atoms with Crippen molar-refractivity contribution in [2.24, 2.45) is 5.92 Å². The maximum Gasteiger partial charge on any atom is 0.224 e. The van der Waals surface area contributed by atoms with E-state index in [0.717, 1.165) is 29.8 Å². The van der Waals surface area contributed by atoms with Crippen LogP contribution in [0.5, 0.6) is 0 Å². The summed E-state index contributed by atoms with van der Waals surface area (Å²) < 4.78 is 0. The first-order chi connectivity index (χ1) is 8.69. The van der Waals surface area contributed by atoms with Crippen molar-refractivity contribution in [3.63, 3.8) is 0 Å². The fourth-order valence-corrected chi connectivity index (χ4v) is 2.43. The monoisotopic (exact) mass is 248 g/mol. The Balaban J connectivity index is 2.01. The topological polar surface area (TPSA) is 49.8 Å². The van der Waals surface area contributed by atoms with Crippen LogP contribution >= 0.6 is 0 Å². The van der Waals surface area contributed by atoms with Crippen molar-refractivity contribution in [3.8, 4) is 0 Å². The van der Waals surface area contributed by atoms with Crippen LogP contribution in [-0.4, -0.2) is 22.6 Å². The third-order valence-electron chi connectivity index (χ3n) is 3.66. The first-order valence-corrected chi connectivity index (χ1v) is 7.03. The van der Waals surface area contributed by atoms with Gasteiger partial charge >= 0.3 is 0 Å². The highest BCUT2D eigenvalue weighted by Gasteiger charge is 2.19. The van der Waals surface area contributed by atoms with Crippen molar-refractivity contribution in [2.75, 3.05) is 17.2 Å². The molecule has 1 aliphatic rings. The summed E-state index contributed by atoms with van der Waals surface area (Å²) in [6, 6.07) is 0.573. The molecule has 4 nitrogen and oxygen atoms in total. The van der Waals surface area contributed by atoms with E-state index in [1.165, 1.54) is 25.7 Å². The van der Waals surface area contributed by atoms with E-state index >= 15 is 0 Å². The molecule has 0 aliphatic heterocycles. The molecule has 1 aromatic heterocycles. The normalized spacial score (nSPS) is 23.7. The maximum absolute atomic E-state index is 4.54. The zero-order chi connectivity index (χ0) is 13.0. The predicted molar refractivity (Wildman–Crippen MR) is 76.0 cm³/mol. The second kappa shape index (κ2) is 6.03. The van der Waals surface area contributed by atoms with Crippen LogP contribution in [0, 0.1) is 12.8 Å². The summed E-state index contributed by atoms with van der Waals surface area (Å²) in [5, 5.41) is 6.73. The van der Waals surface area contributed by atoms with Gasteiger partial charge in [0.15, 0.2) is 0 Å². The minimum absolute atomic E-state index is 0.573. The summed E-state index contributed by atoms with van der Waals surface area (Å²) in [6.45, 7) is 7.31. The summed E-state index contributed by atoms with van der Waals surface area (Å²) in [4.78, 5) is 8.81. The molecular formula is C14H24N4. The third kappa shape index (κ3) is 3.34. The lowest BCUT2D eigenvalue weighted by Crippen LogP contribution is -2.26. The molecule has 0 amide bonds. The van der Waals surface area contributed by atoms with Crippen LogP contribution < -0.4 is 10.6 Å². The van der Waals surface area contributed by atoms with Gasteiger partial charge < -0.3 is 10.6 Å². The molecule has 0 unspecified atom stereocenters. The first-order valence-electron chi connectivity index (χ1n) is 7.03. The van der Waals surface area contributed by atoms with Gasteiger partial charge in [0.1, 0.15) is 5.82 Å². The van der Waals surface area contributed by atoms with Crippen LogP contribution in [0.2, 0.25) is 0 Å². The van der Waals surface area contributed by atoms with Crippen molar-refractivity contribution in [3.05, 3.63) is 11.8 Å². The third-order valence-corrected chi connectivity index (χ3v) is 3.66. The van der Waals surface area contributed by atoms with E-state index in [4.69, 9.17) is 0 Å². The second-order valence-electron chi connectivity index (χ2n) is 5.36.